The predicted octanol–water partition coefficient (Wildman–Crippen LogP) is 2.90. The van der Waals surface area contributed by atoms with Crippen LogP contribution in [-0.2, 0) is 6.54 Å². The van der Waals surface area contributed by atoms with Crippen LogP contribution in [0.15, 0.2) is 42.5 Å². The van der Waals surface area contributed by atoms with Gasteiger partial charge in [0.15, 0.2) is 11.5 Å². The van der Waals surface area contributed by atoms with Crippen molar-refractivity contribution in [2.24, 2.45) is 0 Å². The lowest BCUT2D eigenvalue weighted by Crippen LogP contribution is -2.28. The van der Waals surface area contributed by atoms with Gasteiger partial charge in [-0.05, 0) is 18.2 Å². The SMILES string of the molecule is COc1cccc(CNC(=O)Nc2ccccc2C#N)c1OC. The van der Waals surface area contributed by atoms with Gasteiger partial charge in [-0.1, -0.05) is 24.3 Å². The summed E-state index contributed by atoms with van der Waals surface area (Å²) in [6, 6.07) is 13.9. The van der Waals surface area contributed by atoms with Crippen molar-refractivity contribution in [1.29, 1.82) is 5.26 Å². The zero-order valence-corrected chi connectivity index (χ0v) is 12.9. The van der Waals surface area contributed by atoms with Crippen LogP contribution in [0.2, 0.25) is 0 Å². The number of hydrogen-bond donors (Lipinski definition) is 2. The van der Waals surface area contributed by atoms with Crippen LogP contribution in [0, 0.1) is 11.3 Å². The van der Waals surface area contributed by atoms with Crippen LogP contribution in [0.25, 0.3) is 0 Å². The van der Waals surface area contributed by atoms with Crippen molar-refractivity contribution in [2.75, 3.05) is 19.5 Å². The van der Waals surface area contributed by atoms with E-state index in [0.29, 0.717) is 22.7 Å². The number of rotatable bonds is 5. The van der Waals surface area contributed by atoms with Gasteiger partial charge in [0, 0.05) is 12.1 Å². The van der Waals surface area contributed by atoms with Gasteiger partial charge in [0.1, 0.15) is 6.07 Å². The monoisotopic (exact) mass is 311 g/mol. The Kier molecular flexibility index (Phi) is 5.42. The summed E-state index contributed by atoms with van der Waals surface area (Å²) >= 11 is 0. The molecule has 6 heteroatoms. The number of benzene rings is 2. The van der Waals surface area contributed by atoms with Gasteiger partial charge < -0.3 is 20.1 Å². The van der Waals surface area contributed by atoms with E-state index in [9.17, 15) is 4.79 Å². The molecule has 2 aromatic rings. The third-order valence-electron chi connectivity index (χ3n) is 3.22. The second kappa shape index (κ2) is 7.71. The van der Waals surface area contributed by atoms with E-state index < -0.39 is 6.03 Å². The number of hydrogen-bond acceptors (Lipinski definition) is 4. The van der Waals surface area contributed by atoms with E-state index in [-0.39, 0.29) is 6.54 Å². The first-order chi connectivity index (χ1) is 11.2. The molecule has 0 bridgehead atoms. The number of methoxy groups -OCH3 is 2. The number of ether oxygens (including phenoxy) is 2. The molecule has 0 fully saturated rings. The number of para-hydroxylation sites is 2. The molecule has 0 aliphatic rings. The first-order valence-electron chi connectivity index (χ1n) is 6.93. The highest BCUT2D eigenvalue weighted by Crippen LogP contribution is 2.30. The van der Waals surface area contributed by atoms with Crippen molar-refractivity contribution < 1.29 is 14.3 Å². The molecule has 2 aromatic carbocycles. The largest absolute Gasteiger partial charge is 0.493 e. The maximum absolute atomic E-state index is 12.0. The minimum atomic E-state index is -0.405. The van der Waals surface area contributed by atoms with E-state index in [1.807, 2.05) is 18.2 Å². The molecule has 0 aliphatic heterocycles. The van der Waals surface area contributed by atoms with Gasteiger partial charge in [0.25, 0.3) is 0 Å². The van der Waals surface area contributed by atoms with Gasteiger partial charge in [0.05, 0.1) is 25.5 Å². The second-order valence-electron chi connectivity index (χ2n) is 4.62. The summed E-state index contributed by atoms with van der Waals surface area (Å²) in [5.74, 6) is 1.18. The molecule has 2 N–H and O–H groups in total. The maximum atomic E-state index is 12.0. The minimum Gasteiger partial charge on any atom is -0.493 e. The van der Waals surface area contributed by atoms with Crippen molar-refractivity contribution in [3.05, 3.63) is 53.6 Å². The van der Waals surface area contributed by atoms with Crippen LogP contribution >= 0.6 is 0 Å². The zero-order chi connectivity index (χ0) is 16.7. The van der Waals surface area contributed by atoms with E-state index in [4.69, 9.17) is 14.7 Å². The smallest absolute Gasteiger partial charge is 0.319 e. The molecule has 0 spiro atoms. The number of anilines is 1. The lowest BCUT2D eigenvalue weighted by molar-refractivity contribution is 0.251. The molecule has 2 amide bonds. The minimum absolute atomic E-state index is 0.265. The van der Waals surface area contributed by atoms with Gasteiger partial charge in [0.2, 0.25) is 0 Å². The number of nitrogens with one attached hydrogen (secondary N) is 2. The Labute approximate surface area is 134 Å². The molecule has 0 unspecified atom stereocenters. The summed E-state index contributed by atoms with van der Waals surface area (Å²) in [7, 11) is 3.10. The fourth-order valence-corrected chi connectivity index (χ4v) is 2.12. The lowest BCUT2D eigenvalue weighted by Gasteiger charge is -2.13. The third-order valence-corrected chi connectivity index (χ3v) is 3.22. The molecule has 0 atom stereocenters. The Morgan fingerprint density at radius 1 is 1.13 bits per heavy atom. The number of nitrogens with zero attached hydrogens (tertiary/aromatic N) is 1. The van der Waals surface area contributed by atoms with Gasteiger partial charge in [-0.15, -0.1) is 0 Å². The van der Waals surface area contributed by atoms with E-state index in [1.54, 1.807) is 44.6 Å². The highest BCUT2D eigenvalue weighted by Gasteiger charge is 2.11. The fourth-order valence-electron chi connectivity index (χ4n) is 2.12. The fraction of sp³-hybridized carbons (Fsp3) is 0.176. The molecule has 0 saturated carbocycles. The third kappa shape index (κ3) is 3.92. The first kappa shape index (κ1) is 16.2. The average Bonchev–Trinajstić information content (AvgIpc) is 2.59. The first-order valence-corrected chi connectivity index (χ1v) is 6.93. The van der Waals surface area contributed by atoms with Crippen LogP contribution in [0.3, 0.4) is 0 Å². The van der Waals surface area contributed by atoms with E-state index >= 15 is 0 Å². The van der Waals surface area contributed by atoms with Crippen molar-refractivity contribution in [3.8, 4) is 17.6 Å². The molecule has 2 rings (SSSR count). The number of carbonyl (C=O) groups is 1. The molecule has 6 nitrogen and oxygen atoms in total. The number of nitriles is 1. The average molecular weight is 311 g/mol. The molecule has 0 aliphatic carbocycles. The molecular weight excluding hydrogens is 294 g/mol. The number of urea groups is 1. The van der Waals surface area contributed by atoms with Gasteiger partial charge in [-0.25, -0.2) is 4.79 Å². The quantitative estimate of drug-likeness (QED) is 0.889. The van der Waals surface area contributed by atoms with E-state index in [1.165, 1.54) is 0 Å². The summed E-state index contributed by atoms with van der Waals surface area (Å²) in [6.07, 6.45) is 0. The van der Waals surface area contributed by atoms with Crippen LogP contribution < -0.4 is 20.1 Å². The van der Waals surface area contributed by atoms with E-state index in [2.05, 4.69) is 10.6 Å². The second-order valence-corrected chi connectivity index (χ2v) is 4.62. The van der Waals surface area contributed by atoms with E-state index in [0.717, 1.165) is 5.56 Å². The molecule has 0 heterocycles. The summed E-state index contributed by atoms with van der Waals surface area (Å²) in [4.78, 5) is 12.0. The Bertz CT molecular complexity index is 738. The Balaban J connectivity index is 2.04. The Morgan fingerprint density at radius 3 is 2.61 bits per heavy atom. The van der Waals surface area contributed by atoms with Crippen LogP contribution in [0.1, 0.15) is 11.1 Å². The Morgan fingerprint density at radius 2 is 1.91 bits per heavy atom. The zero-order valence-electron chi connectivity index (χ0n) is 12.9. The summed E-state index contributed by atoms with van der Waals surface area (Å²) < 4.78 is 10.5. The highest BCUT2D eigenvalue weighted by atomic mass is 16.5. The van der Waals surface area contributed by atoms with Crippen molar-refractivity contribution in [2.45, 2.75) is 6.54 Å². The summed E-state index contributed by atoms with van der Waals surface area (Å²) in [5, 5.41) is 14.4. The molecule has 0 radical (unpaired) electrons. The van der Waals surface area contributed by atoms with Crippen LogP contribution in [0.5, 0.6) is 11.5 Å². The number of amides is 2. The van der Waals surface area contributed by atoms with Crippen molar-refractivity contribution >= 4 is 11.7 Å². The lowest BCUT2D eigenvalue weighted by atomic mass is 10.2. The molecule has 0 aromatic heterocycles. The molecule has 0 saturated heterocycles. The molecular formula is C17H17N3O3. The highest BCUT2D eigenvalue weighted by molar-refractivity contribution is 5.90. The van der Waals surface area contributed by atoms with Crippen molar-refractivity contribution in [1.82, 2.24) is 5.32 Å². The van der Waals surface area contributed by atoms with Gasteiger partial charge >= 0.3 is 6.03 Å². The molecule has 118 valence electrons. The standard InChI is InChI=1S/C17H17N3O3/c1-22-15-9-5-7-13(16(15)23-2)11-19-17(21)20-14-8-4-3-6-12(14)10-18/h3-9H,11H2,1-2H3,(H2,19,20,21). The maximum Gasteiger partial charge on any atom is 0.319 e. The predicted molar refractivity (Wildman–Crippen MR) is 86.6 cm³/mol. The number of carbonyl (C=O) groups excluding carboxylic acids is 1. The summed E-state index contributed by atoms with van der Waals surface area (Å²) in [5.41, 5.74) is 1.65. The molecule has 23 heavy (non-hydrogen) atoms. The van der Waals surface area contributed by atoms with Crippen LogP contribution in [0.4, 0.5) is 10.5 Å². The normalized spacial score (nSPS) is 9.61. The van der Waals surface area contributed by atoms with Crippen molar-refractivity contribution in [3.63, 3.8) is 0 Å². The van der Waals surface area contributed by atoms with Gasteiger partial charge in [-0.3, -0.25) is 0 Å². The van der Waals surface area contributed by atoms with Gasteiger partial charge in [-0.2, -0.15) is 5.26 Å². The Hall–Kier alpha value is -3.20. The summed E-state index contributed by atoms with van der Waals surface area (Å²) in [6.45, 7) is 0.265. The van der Waals surface area contributed by atoms with Crippen LogP contribution in [-0.4, -0.2) is 20.3 Å². The topological polar surface area (TPSA) is 83.4 Å².